The van der Waals surface area contributed by atoms with Crippen LogP contribution in [0.3, 0.4) is 0 Å². The molecule has 37 heavy (non-hydrogen) atoms. The molecule has 0 bridgehead atoms. The highest BCUT2D eigenvalue weighted by molar-refractivity contribution is 7.98. The summed E-state index contributed by atoms with van der Waals surface area (Å²) in [6, 6.07) is 22.2. The number of hydrogen-bond acceptors (Lipinski definition) is 6. The van der Waals surface area contributed by atoms with Crippen molar-refractivity contribution >= 4 is 54.4 Å². The maximum Gasteiger partial charge on any atom is 0.260 e. The van der Waals surface area contributed by atoms with Crippen LogP contribution in [0.1, 0.15) is 35.7 Å². The van der Waals surface area contributed by atoms with Gasteiger partial charge in [-0.2, -0.15) is 4.31 Å². The first-order valence-corrected chi connectivity index (χ1v) is 15.7. The fourth-order valence-corrected chi connectivity index (χ4v) is 7.84. The Bertz CT molecular complexity index is 1500. The molecule has 0 saturated carbocycles. The molecule has 1 amide bonds. The van der Waals surface area contributed by atoms with Gasteiger partial charge in [0.1, 0.15) is 0 Å². The van der Waals surface area contributed by atoms with E-state index in [1.807, 2.05) is 54.8 Å². The van der Waals surface area contributed by atoms with E-state index in [-0.39, 0.29) is 10.8 Å². The zero-order chi connectivity index (χ0) is 26.0. The number of carbonyl (C=O) groups is 1. The summed E-state index contributed by atoms with van der Waals surface area (Å²) in [5, 5.41) is 0.615. The molecule has 3 aromatic carbocycles. The molecule has 1 saturated heterocycles. The lowest BCUT2D eigenvalue weighted by Crippen LogP contribution is -2.39. The van der Waals surface area contributed by atoms with Gasteiger partial charge in [-0.15, -0.1) is 11.8 Å². The van der Waals surface area contributed by atoms with Crippen LogP contribution in [0.25, 0.3) is 10.2 Å². The summed E-state index contributed by atoms with van der Waals surface area (Å²) in [5.74, 6) is 0.125. The average molecular weight is 552 g/mol. The van der Waals surface area contributed by atoms with Crippen molar-refractivity contribution in [1.82, 2.24) is 9.29 Å². The summed E-state index contributed by atoms with van der Waals surface area (Å²) in [5.41, 5.74) is 2.29. The van der Waals surface area contributed by atoms with Crippen LogP contribution in [-0.4, -0.2) is 43.0 Å². The molecule has 1 aliphatic heterocycles. The van der Waals surface area contributed by atoms with E-state index in [2.05, 4.69) is 6.92 Å². The van der Waals surface area contributed by atoms with Gasteiger partial charge >= 0.3 is 0 Å². The number of sulfonamides is 1. The summed E-state index contributed by atoms with van der Waals surface area (Å²) >= 11 is 3.11. The minimum absolute atomic E-state index is 0.218. The summed E-state index contributed by atoms with van der Waals surface area (Å²) in [6.07, 6.45) is 3.92. The lowest BCUT2D eigenvalue weighted by atomic mass is 10.0. The largest absolute Gasteiger partial charge is 0.279 e. The maximum atomic E-state index is 13.8. The van der Waals surface area contributed by atoms with Gasteiger partial charge in [0.25, 0.3) is 5.91 Å². The van der Waals surface area contributed by atoms with E-state index in [0.29, 0.717) is 36.2 Å². The van der Waals surface area contributed by atoms with Crippen molar-refractivity contribution in [2.75, 3.05) is 24.2 Å². The number of piperidine rings is 1. The van der Waals surface area contributed by atoms with Crippen molar-refractivity contribution in [2.24, 2.45) is 5.92 Å². The third-order valence-corrected chi connectivity index (χ3v) is 10.3. The van der Waals surface area contributed by atoms with Crippen molar-refractivity contribution in [3.05, 3.63) is 83.9 Å². The number of nitrogens with zero attached hydrogens (tertiary/aromatic N) is 3. The molecule has 9 heteroatoms. The number of thioether (sulfide) groups is 1. The number of para-hydroxylation sites is 1. The molecule has 192 valence electrons. The van der Waals surface area contributed by atoms with Gasteiger partial charge in [0.05, 0.1) is 21.7 Å². The van der Waals surface area contributed by atoms with E-state index in [0.717, 1.165) is 33.5 Å². The molecule has 1 aromatic heterocycles. The van der Waals surface area contributed by atoms with Crippen molar-refractivity contribution < 1.29 is 13.2 Å². The van der Waals surface area contributed by atoms with Crippen LogP contribution >= 0.6 is 23.1 Å². The molecule has 2 heterocycles. The minimum atomic E-state index is -3.59. The number of thiazole rings is 1. The van der Waals surface area contributed by atoms with E-state index in [1.165, 1.54) is 11.3 Å². The Labute approximate surface area is 226 Å². The maximum absolute atomic E-state index is 13.8. The second kappa shape index (κ2) is 10.9. The molecule has 0 spiro atoms. The third kappa shape index (κ3) is 5.45. The van der Waals surface area contributed by atoms with Crippen LogP contribution < -0.4 is 4.90 Å². The Hall–Kier alpha value is -2.72. The van der Waals surface area contributed by atoms with Gasteiger partial charge < -0.3 is 0 Å². The summed E-state index contributed by atoms with van der Waals surface area (Å²) in [6.45, 7) is 3.51. The summed E-state index contributed by atoms with van der Waals surface area (Å²) in [4.78, 5) is 21.6. The topological polar surface area (TPSA) is 70.6 Å². The van der Waals surface area contributed by atoms with E-state index in [9.17, 15) is 13.2 Å². The smallest absolute Gasteiger partial charge is 0.260 e. The molecule has 1 aliphatic rings. The fourth-order valence-electron chi connectivity index (χ4n) is 4.62. The monoisotopic (exact) mass is 551 g/mol. The predicted molar refractivity (Wildman–Crippen MR) is 152 cm³/mol. The van der Waals surface area contributed by atoms with E-state index in [1.54, 1.807) is 45.2 Å². The lowest BCUT2D eigenvalue weighted by molar-refractivity contribution is 0.0985. The Balaban J connectivity index is 1.47. The van der Waals surface area contributed by atoms with Gasteiger partial charge in [-0.3, -0.25) is 9.69 Å². The number of fused-ring (bicyclic) bond motifs is 1. The number of rotatable bonds is 7. The second-order valence-electron chi connectivity index (χ2n) is 9.32. The molecule has 5 rings (SSSR count). The molecule has 0 N–H and O–H groups in total. The number of aromatic nitrogens is 1. The average Bonchev–Trinajstić information content (AvgIpc) is 3.36. The Kier molecular flexibility index (Phi) is 7.67. The lowest BCUT2D eigenvalue weighted by Gasteiger charge is -2.30. The predicted octanol–water partition coefficient (Wildman–Crippen LogP) is 6.29. The standard InChI is InChI=1S/C28H29N3O3S3/c1-20-8-7-17-30(18-20)37(33,34)23-15-13-22(14-16-23)27(32)31(19-21-9-4-3-5-10-21)28-29-26-24(35-2)11-6-12-25(26)36-28/h3-6,9-16,20H,7-8,17-19H2,1-2H3. The van der Waals surface area contributed by atoms with E-state index < -0.39 is 10.0 Å². The molecule has 4 aromatic rings. The number of amides is 1. The molecule has 0 aliphatic carbocycles. The first-order chi connectivity index (χ1) is 17.9. The number of hydrogen-bond donors (Lipinski definition) is 0. The van der Waals surface area contributed by atoms with Crippen molar-refractivity contribution in [3.63, 3.8) is 0 Å². The van der Waals surface area contributed by atoms with Crippen molar-refractivity contribution in [3.8, 4) is 0 Å². The summed E-state index contributed by atoms with van der Waals surface area (Å²) < 4.78 is 29.0. The van der Waals surface area contributed by atoms with Gasteiger partial charge in [-0.05, 0) is 67.0 Å². The van der Waals surface area contributed by atoms with Crippen LogP contribution in [0.4, 0.5) is 5.13 Å². The quantitative estimate of drug-likeness (QED) is 0.253. The highest BCUT2D eigenvalue weighted by Crippen LogP contribution is 2.35. The highest BCUT2D eigenvalue weighted by Gasteiger charge is 2.29. The Morgan fingerprint density at radius 1 is 1.08 bits per heavy atom. The van der Waals surface area contributed by atoms with Gasteiger partial charge in [-0.1, -0.05) is 54.7 Å². The van der Waals surface area contributed by atoms with Crippen LogP contribution in [0.2, 0.25) is 0 Å². The van der Waals surface area contributed by atoms with Crippen molar-refractivity contribution in [1.29, 1.82) is 0 Å². The van der Waals surface area contributed by atoms with Gasteiger partial charge in [0.2, 0.25) is 10.0 Å². The molecular weight excluding hydrogens is 523 g/mol. The minimum Gasteiger partial charge on any atom is -0.279 e. The van der Waals surface area contributed by atoms with Crippen LogP contribution in [0.15, 0.2) is 82.6 Å². The molecule has 0 radical (unpaired) electrons. The second-order valence-corrected chi connectivity index (χ2v) is 13.1. The number of carbonyl (C=O) groups excluding carboxylic acids is 1. The van der Waals surface area contributed by atoms with Crippen molar-refractivity contribution in [2.45, 2.75) is 36.1 Å². The normalized spacial score (nSPS) is 16.6. The third-order valence-electron chi connectivity index (χ3n) is 6.61. The van der Waals surface area contributed by atoms with E-state index >= 15 is 0 Å². The highest BCUT2D eigenvalue weighted by atomic mass is 32.2. The molecule has 6 nitrogen and oxygen atoms in total. The zero-order valence-electron chi connectivity index (χ0n) is 20.8. The first-order valence-electron chi connectivity index (χ1n) is 12.3. The summed E-state index contributed by atoms with van der Waals surface area (Å²) in [7, 11) is -3.59. The van der Waals surface area contributed by atoms with Gasteiger partial charge in [0.15, 0.2) is 5.13 Å². The SMILES string of the molecule is CSc1cccc2sc(N(Cc3ccccc3)C(=O)c3ccc(S(=O)(=O)N4CCCC(C)C4)cc3)nc12. The van der Waals surface area contributed by atoms with Crippen LogP contribution in [-0.2, 0) is 16.6 Å². The van der Waals surface area contributed by atoms with Crippen LogP contribution in [0.5, 0.6) is 0 Å². The Morgan fingerprint density at radius 2 is 1.84 bits per heavy atom. The van der Waals surface area contributed by atoms with Crippen LogP contribution in [0, 0.1) is 5.92 Å². The van der Waals surface area contributed by atoms with Gasteiger partial charge in [0, 0.05) is 23.5 Å². The Morgan fingerprint density at radius 3 is 2.54 bits per heavy atom. The molecule has 1 unspecified atom stereocenters. The molecular formula is C28H29N3O3S3. The number of benzene rings is 3. The first kappa shape index (κ1) is 25.9. The molecule has 1 atom stereocenters. The molecule has 1 fully saturated rings. The fraction of sp³-hybridized carbons (Fsp3) is 0.286. The van der Waals surface area contributed by atoms with E-state index in [4.69, 9.17) is 4.98 Å². The zero-order valence-corrected chi connectivity index (χ0v) is 23.3. The number of anilines is 1. The van der Waals surface area contributed by atoms with Gasteiger partial charge in [-0.25, -0.2) is 13.4 Å².